The Morgan fingerprint density at radius 3 is 1.12 bits per heavy atom. The summed E-state index contributed by atoms with van der Waals surface area (Å²) in [5, 5.41) is 0. The summed E-state index contributed by atoms with van der Waals surface area (Å²) in [6, 6.07) is 3.57. The first-order chi connectivity index (χ1) is 28.3. The Bertz CT molecular complexity index is 1310. The van der Waals surface area contributed by atoms with E-state index in [2.05, 4.69) is 26.0 Å². The standard InChI is InChI=1S/C50H86O7S.K/c1-3-5-7-9-11-13-15-17-19-21-23-25-27-29-31-33-35-37-39-44-56-49(51)46-42-41-43-47(58(53,54)55)48(46)50(52)57-45-40-38-36-34-32-30-28-26-24-22-20-18-16-14-12-10-8-6-4-2;/h35-38,41-43H,3-34,39-40,44-45H2,1-2H3,(H,53,54,55);/q;+1/p-1/b37-35+,38-36+;. The Balaban J connectivity index is 0.0000336. The molecule has 59 heavy (non-hydrogen) atoms. The minimum atomic E-state index is -5.04. The maximum absolute atomic E-state index is 13.0. The average molecular weight is 869 g/mol. The summed E-state index contributed by atoms with van der Waals surface area (Å²) in [6.07, 6.45) is 51.0. The summed E-state index contributed by atoms with van der Waals surface area (Å²) in [6.45, 7) is 4.60. The van der Waals surface area contributed by atoms with Crippen LogP contribution < -0.4 is 51.4 Å². The molecule has 0 aliphatic rings. The van der Waals surface area contributed by atoms with Gasteiger partial charge < -0.3 is 14.0 Å². The first-order valence-electron chi connectivity index (χ1n) is 24.1. The number of hydrogen-bond donors (Lipinski definition) is 0. The van der Waals surface area contributed by atoms with E-state index in [9.17, 15) is 22.6 Å². The number of unbranched alkanes of at least 4 members (excludes halogenated alkanes) is 30. The molecule has 1 rings (SSSR count). The van der Waals surface area contributed by atoms with E-state index in [1.807, 2.05) is 12.2 Å². The molecule has 0 saturated carbocycles. The predicted octanol–water partition coefficient (Wildman–Crippen LogP) is 12.3. The molecule has 0 spiro atoms. The minimum Gasteiger partial charge on any atom is -0.744 e. The number of carbonyl (C=O) groups is 2. The smallest absolute Gasteiger partial charge is 0.744 e. The molecule has 334 valence electrons. The summed E-state index contributed by atoms with van der Waals surface area (Å²) < 4.78 is 46.7. The third-order valence-electron chi connectivity index (χ3n) is 11.0. The number of esters is 2. The van der Waals surface area contributed by atoms with Gasteiger partial charge in [0.05, 0.1) is 29.2 Å². The van der Waals surface area contributed by atoms with Crippen LogP contribution in [0.4, 0.5) is 0 Å². The van der Waals surface area contributed by atoms with Gasteiger partial charge in [0.2, 0.25) is 0 Å². The van der Waals surface area contributed by atoms with Gasteiger partial charge in [0.15, 0.2) is 0 Å². The van der Waals surface area contributed by atoms with Crippen molar-refractivity contribution in [2.75, 3.05) is 13.2 Å². The zero-order chi connectivity index (χ0) is 42.2. The first-order valence-corrected chi connectivity index (χ1v) is 25.5. The van der Waals surface area contributed by atoms with Gasteiger partial charge in [-0.25, -0.2) is 18.0 Å². The molecule has 0 N–H and O–H groups in total. The molecular weight excluding hydrogens is 784 g/mol. The van der Waals surface area contributed by atoms with Crippen molar-refractivity contribution in [3.63, 3.8) is 0 Å². The molecule has 0 aromatic heterocycles. The molecular formula is C50H85KO7S. The second-order valence-electron chi connectivity index (χ2n) is 16.4. The van der Waals surface area contributed by atoms with E-state index in [1.54, 1.807) is 0 Å². The van der Waals surface area contributed by atoms with Gasteiger partial charge in [-0.15, -0.1) is 0 Å². The maximum atomic E-state index is 13.0. The number of allylic oxidation sites excluding steroid dienone is 2. The SMILES string of the molecule is CCCCCCCCCCCCCCCCC/C=C/CCOC(=O)c1cccc(S(=O)(=O)[O-])c1C(=O)OCC/C=C/CCCCCCCCCCCCCCCCC.[K+]. The van der Waals surface area contributed by atoms with Crippen molar-refractivity contribution in [2.45, 2.75) is 237 Å². The molecule has 7 nitrogen and oxygen atoms in total. The molecule has 9 heteroatoms. The van der Waals surface area contributed by atoms with E-state index >= 15 is 0 Å². The average Bonchev–Trinajstić information content (AvgIpc) is 3.21. The summed E-state index contributed by atoms with van der Waals surface area (Å²) in [4.78, 5) is 25.2. The monoisotopic (exact) mass is 869 g/mol. The fourth-order valence-corrected chi connectivity index (χ4v) is 8.14. The van der Waals surface area contributed by atoms with Gasteiger partial charge in [-0.1, -0.05) is 224 Å². The van der Waals surface area contributed by atoms with Crippen molar-refractivity contribution in [1.82, 2.24) is 0 Å². The zero-order valence-electron chi connectivity index (χ0n) is 38.3. The van der Waals surface area contributed by atoms with Crippen LogP contribution in [0.15, 0.2) is 47.4 Å². The topological polar surface area (TPSA) is 110 Å². The molecule has 0 saturated heterocycles. The number of ether oxygens (including phenoxy) is 2. The van der Waals surface area contributed by atoms with Crippen LogP contribution in [0.25, 0.3) is 0 Å². The Hall–Kier alpha value is -0.814. The molecule has 0 bridgehead atoms. The molecule has 0 amide bonds. The summed E-state index contributed by atoms with van der Waals surface area (Å²) in [7, 11) is -5.04. The van der Waals surface area contributed by atoms with E-state index in [0.29, 0.717) is 12.8 Å². The van der Waals surface area contributed by atoms with E-state index < -0.39 is 32.5 Å². The van der Waals surface area contributed by atoms with Gasteiger partial charge >= 0.3 is 63.3 Å². The van der Waals surface area contributed by atoms with E-state index in [-0.39, 0.29) is 70.2 Å². The number of hydrogen-bond acceptors (Lipinski definition) is 7. The number of benzene rings is 1. The van der Waals surface area contributed by atoms with Crippen LogP contribution in [0.2, 0.25) is 0 Å². The molecule has 0 aliphatic heterocycles. The van der Waals surface area contributed by atoms with Gasteiger partial charge in [-0.3, -0.25) is 0 Å². The van der Waals surface area contributed by atoms with Crippen molar-refractivity contribution in [2.24, 2.45) is 0 Å². The van der Waals surface area contributed by atoms with Crippen LogP contribution in [0.5, 0.6) is 0 Å². The van der Waals surface area contributed by atoms with Crippen LogP contribution in [-0.2, 0) is 19.6 Å². The van der Waals surface area contributed by atoms with Gasteiger partial charge in [0.1, 0.15) is 10.1 Å². The zero-order valence-corrected chi connectivity index (χ0v) is 42.2. The normalized spacial score (nSPS) is 11.7. The number of carbonyl (C=O) groups excluding carboxylic acids is 2. The van der Waals surface area contributed by atoms with Crippen LogP contribution in [0.1, 0.15) is 253 Å². The quantitative estimate of drug-likeness (QED) is 0.0212. The second kappa shape index (κ2) is 42.5. The minimum absolute atomic E-state index is 0. The largest absolute Gasteiger partial charge is 1.00 e. The Morgan fingerprint density at radius 1 is 0.475 bits per heavy atom. The van der Waals surface area contributed by atoms with Crippen molar-refractivity contribution in [1.29, 1.82) is 0 Å². The fourth-order valence-electron chi connectivity index (χ4n) is 7.45. The van der Waals surface area contributed by atoms with Gasteiger partial charge in [0, 0.05) is 0 Å². The van der Waals surface area contributed by atoms with Gasteiger partial charge in [-0.2, -0.15) is 0 Å². The Labute approximate surface area is 405 Å². The maximum Gasteiger partial charge on any atom is 1.00 e. The van der Waals surface area contributed by atoms with Crippen LogP contribution in [0, 0.1) is 0 Å². The van der Waals surface area contributed by atoms with Crippen LogP contribution in [-0.4, -0.2) is 38.1 Å². The first kappa shape index (κ1) is 58.2. The van der Waals surface area contributed by atoms with Crippen molar-refractivity contribution in [3.05, 3.63) is 53.6 Å². The molecule has 1 aromatic rings. The molecule has 0 atom stereocenters. The summed E-state index contributed by atoms with van der Waals surface area (Å²) >= 11 is 0. The Kier molecular flexibility index (Phi) is 41.9. The summed E-state index contributed by atoms with van der Waals surface area (Å²) in [5.74, 6) is -1.89. The van der Waals surface area contributed by atoms with Gasteiger partial charge in [0.25, 0.3) is 0 Å². The van der Waals surface area contributed by atoms with Gasteiger partial charge in [-0.05, 0) is 50.7 Å². The molecule has 0 aliphatic carbocycles. The second-order valence-corrected chi connectivity index (χ2v) is 17.7. The van der Waals surface area contributed by atoms with E-state index in [0.717, 1.165) is 31.7 Å². The number of rotatable bonds is 41. The third kappa shape index (κ3) is 34.4. The van der Waals surface area contributed by atoms with Crippen molar-refractivity contribution in [3.8, 4) is 0 Å². The molecule has 0 heterocycles. The molecule has 1 aromatic carbocycles. The third-order valence-corrected chi connectivity index (χ3v) is 11.9. The summed E-state index contributed by atoms with van der Waals surface area (Å²) in [5.41, 5.74) is -0.847. The Morgan fingerprint density at radius 2 is 0.780 bits per heavy atom. The van der Waals surface area contributed by atoms with E-state index in [4.69, 9.17) is 9.47 Å². The van der Waals surface area contributed by atoms with Crippen molar-refractivity contribution < 1.29 is 83.4 Å². The van der Waals surface area contributed by atoms with Crippen molar-refractivity contribution >= 4 is 22.1 Å². The molecule has 0 fully saturated rings. The fraction of sp³-hybridized carbons (Fsp3) is 0.760. The molecule has 0 unspecified atom stereocenters. The van der Waals surface area contributed by atoms with Crippen LogP contribution >= 0.6 is 0 Å². The molecule has 0 radical (unpaired) electrons. The van der Waals surface area contributed by atoms with Crippen LogP contribution in [0.3, 0.4) is 0 Å². The van der Waals surface area contributed by atoms with E-state index in [1.165, 1.54) is 192 Å². The predicted molar refractivity (Wildman–Crippen MR) is 242 cm³/mol.